The van der Waals surface area contributed by atoms with E-state index in [-0.39, 0.29) is 50.1 Å². The van der Waals surface area contributed by atoms with E-state index < -0.39 is 42.4 Å². The molecule has 2 atom stereocenters. The number of carboxylic acid groups (broad SMARTS) is 2. The van der Waals surface area contributed by atoms with Crippen molar-refractivity contribution in [2.24, 2.45) is 5.73 Å². The minimum Gasteiger partial charge on any atom is -0.480 e. The first-order valence-corrected chi connectivity index (χ1v) is 10.7. The molecule has 1 heterocycles. The molecule has 0 bridgehead atoms. The van der Waals surface area contributed by atoms with Crippen LogP contribution in [0.25, 0.3) is 0 Å². The number of aliphatic hydroxyl groups excluding tert-OH is 1. The minimum absolute atomic E-state index is 0.0499. The van der Waals surface area contributed by atoms with E-state index in [2.05, 4.69) is 25.7 Å². The number of hydrogen-bond donors (Lipinski definition) is 8. The number of amides is 3. The first-order chi connectivity index (χ1) is 15.6. The van der Waals surface area contributed by atoms with Gasteiger partial charge in [0.25, 0.3) is 0 Å². The molecule has 0 aliphatic heterocycles. The maximum absolute atomic E-state index is 12.3. The predicted molar refractivity (Wildman–Crippen MR) is 116 cm³/mol. The normalized spacial score (nSPS) is 12.3. The van der Waals surface area contributed by atoms with E-state index in [1.807, 2.05) is 0 Å². The number of carbonyl (C=O) groups excluding carboxylic acids is 3. The third-order valence-corrected chi connectivity index (χ3v) is 4.77. The van der Waals surface area contributed by atoms with E-state index in [4.69, 9.17) is 21.1 Å². The Morgan fingerprint density at radius 1 is 1.15 bits per heavy atom. The number of carbonyl (C=O) groups is 5. The average Bonchev–Trinajstić information content (AvgIpc) is 3.20. The zero-order chi connectivity index (χ0) is 24.8. The molecule has 3 amide bonds. The topological polar surface area (TPSA) is 238 Å². The largest absolute Gasteiger partial charge is 0.480 e. The molecule has 0 aliphatic carbocycles. The third-order valence-electron chi connectivity index (χ3n) is 3.94. The zero-order valence-corrected chi connectivity index (χ0v) is 18.3. The number of imidazole rings is 1. The smallest absolute Gasteiger partial charge is 0.322 e. The lowest BCUT2D eigenvalue weighted by molar-refractivity contribution is -0.139. The molecule has 0 saturated heterocycles. The van der Waals surface area contributed by atoms with Gasteiger partial charge in [-0.1, -0.05) is 0 Å². The molecule has 0 spiro atoms. The summed E-state index contributed by atoms with van der Waals surface area (Å²) in [6.45, 7) is -0.822. The fraction of sp³-hybridized carbons (Fsp3) is 0.529. The Balaban J connectivity index is 2.67. The molecule has 184 valence electrons. The van der Waals surface area contributed by atoms with E-state index >= 15 is 0 Å². The van der Waals surface area contributed by atoms with Crippen LogP contribution in [0.15, 0.2) is 12.4 Å². The second-order valence-corrected chi connectivity index (χ2v) is 7.41. The summed E-state index contributed by atoms with van der Waals surface area (Å²) in [6.07, 6.45) is 2.58. The van der Waals surface area contributed by atoms with Crippen molar-refractivity contribution in [3.05, 3.63) is 12.4 Å². The molecule has 0 unspecified atom stereocenters. The highest BCUT2D eigenvalue weighted by molar-refractivity contribution is 8.00. The molecule has 0 radical (unpaired) electrons. The monoisotopic (exact) mass is 489 g/mol. The van der Waals surface area contributed by atoms with Crippen LogP contribution in [0, 0.1) is 0 Å². The zero-order valence-electron chi connectivity index (χ0n) is 17.5. The number of nitrogens with one attached hydrogen (secondary N) is 4. The second kappa shape index (κ2) is 14.6. The van der Waals surface area contributed by atoms with Crippen molar-refractivity contribution < 1.29 is 39.3 Å². The number of anilines is 1. The van der Waals surface area contributed by atoms with Gasteiger partial charge in [0.05, 0.1) is 6.61 Å². The van der Waals surface area contributed by atoms with Gasteiger partial charge >= 0.3 is 11.9 Å². The maximum Gasteiger partial charge on any atom is 0.322 e. The van der Waals surface area contributed by atoms with Crippen LogP contribution in [0.1, 0.15) is 12.8 Å². The Hall–Kier alpha value is -3.37. The van der Waals surface area contributed by atoms with E-state index in [0.717, 1.165) is 11.9 Å². The maximum atomic E-state index is 12.3. The van der Waals surface area contributed by atoms with Crippen LogP contribution in [0.2, 0.25) is 0 Å². The molecule has 0 fully saturated rings. The molecule has 1 aromatic rings. The molecule has 0 saturated carbocycles. The summed E-state index contributed by atoms with van der Waals surface area (Å²) in [5.41, 5.74) is 5.36. The number of hydrogen-bond acceptors (Lipinski definition) is 10. The van der Waals surface area contributed by atoms with Crippen molar-refractivity contribution in [3.63, 3.8) is 0 Å². The highest BCUT2D eigenvalue weighted by atomic mass is 32.2. The fourth-order valence-electron chi connectivity index (χ4n) is 2.28. The number of rotatable bonds is 16. The van der Waals surface area contributed by atoms with Gasteiger partial charge < -0.3 is 41.6 Å². The number of nitrogens with two attached hydrogens (primary N) is 1. The van der Waals surface area contributed by atoms with Crippen LogP contribution in [-0.4, -0.2) is 92.1 Å². The quantitative estimate of drug-likeness (QED) is 0.108. The van der Waals surface area contributed by atoms with Crippen LogP contribution in [0.3, 0.4) is 0 Å². The van der Waals surface area contributed by atoms with Crippen molar-refractivity contribution >= 4 is 47.6 Å². The molecular formula is C17H27N7O8S. The summed E-state index contributed by atoms with van der Waals surface area (Å²) in [5.74, 6) is -4.05. The van der Waals surface area contributed by atoms with Gasteiger partial charge in [-0.3, -0.25) is 28.7 Å². The average molecular weight is 490 g/mol. The van der Waals surface area contributed by atoms with Crippen molar-refractivity contribution in [2.45, 2.75) is 31.5 Å². The Labute approximate surface area is 192 Å². The summed E-state index contributed by atoms with van der Waals surface area (Å²) in [4.78, 5) is 61.7. The van der Waals surface area contributed by atoms with Crippen LogP contribution >= 0.6 is 11.9 Å². The van der Waals surface area contributed by atoms with Gasteiger partial charge in [-0.05, 0) is 18.4 Å². The van der Waals surface area contributed by atoms with E-state index in [0.29, 0.717) is 0 Å². The van der Waals surface area contributed by atoms with Crippen molar-refractivity contribution in [3.8, 4) is 0 Å². The Morgan fingerprint density at radius 2 is 1.88 bits per heavy atom. The SMILES string of the molecule is N[C@@H](CCC(=O)N[C@@H](CSNc1nccn1CC(=O)NCCO)C(=O)NCC(=O)O)C(=O)O. The summed E-state index contributed by atoms with van der Waals surface area (Å²) >= 11 is 0.965. The molecule has 33 heavy (non-hydrogen) atoms. The Bertz CT molecular complexity index is 834. The summed E-state index contributed by atoms with van der Waals surface area (Å²) in [6, 6.07) is -2.38. The van der Waals surface area contributed by atoms with Gasteiger partial charge in [-0.2, -0.15) is 0 Å². The predicted octanol–water partition coefficient (Wildman–Crippen LogP) is -3.07. The first-order valence-electron chi connectivity index (χ1n) is 9.67. The molecule has 9 N–H and O–H groups in total. The number of aromatic nitrogens is 2. The minimum atomic E-state index is -1.27. The van der Waals surface area contributed by atoms with Crippen LogP contribution in [0.5, 0.6) is 0 Å². The van der Waals surface area contributed by atoms with E-state index in [9.17, 15) is 24.0 Å². The van der Waals surface area contributed by atoms with Crippen LogP contribution in [0.4, 0.5) is 5.95 Å². The molecule has 16 heteroatoms. The third kappa shape index (κ3) is 11.2. The summed E-state index contributed by atoms with van der Waals surface area (Å²) in [7, 11) is 0. The van der Waals surface area contributed by atoms with E-state index in [1.165, 1.54) is 17.0 Å². The number of aliphatic carboxylic acids is 2. The van der Waals surface area contributed by atoms with Crippen LogP contribution in [-0.2, 0) is 30.5 Å². The number of aliphatic hydroxyl groups is 1. The number of carboxylic acids is 2. The Morgan fingerprint density at radius 3 is 2.52 bits per heavy atom. The summed E-state index contributed by atoms with van der Waals surface area (Å²) in [5, 5.41) is 33.3. The highest BCUT2D eigenvalue weighted by Gasteiger charge is 2.23. The van der Waals surface area contributed by atoms with Gasteiger partial charge in [0.1, 0.15) is 25.2 Å². The van der Waals surface area contributed by atoms with Gasteiger partial charge in [-0.15, -0.1) is 0 Å². The highest BCUT2D eigenvalue weighted by Crippen LogP contribution is 2.12. The second-order valence-electron chi connectivity index (χ2n) is 6.58. The van der Waals surface area contributed by atoms with Gasteiger partial charge in [0, 0.05) is 31.1 Å². The van der Waals surface area contributed by atoms with Crippen molar-refractivity contribution in [1.82, 2.24) is 25.5 Å². The van der Waals surface area contributed by atoms with E-state index in [1.54, 1.807) is 0 Å². The molecule has 0 aliphatic rings. The van der Waals surface area contributed by atoms with Gasteiger partial charge in [0.2, 0.25) is 23.7 Å². The molecule has 15 nitrogen and oxygen atoms in total. The first kappa shape index (κ1) is 27.7. The number of nitrogens with zero attached hydrogens (tertiary/aromatic N) is 2. The molecule has 1 aromatic heterocycles. The van der Waals surface area contributed by atoms with Crippen LogP contribution < -0.4 is 26.4 Å². The molecule has 1 rings (SSSR count). The van der Waals surface area contributed by atoms with Gasteiger partial charge in [-0.25, -0.2) is 4.98 Å². The standard InChI is InChI=1S/C17H27N7O8S/c18-10(16(31)32)1-2-12(26)22-11(15(30)21-7-14(28)29)9-33-23-17-20-3-5-24(17)8-13(27)19-4-6-25/h3,5,10-11,25H,1-2,4,6-9,18H2,(H,19,27)(H,20,23)(H,21,30)(H,22,26)(H,28,29)(H,31,32)/t10-,11-/m0/s1. The van der Waals surface area contributed by atoms with Crippen molar-refractivity contribution in [2.75, 3.05) is 30.2 Å². The lowest BCUT2D eigenvalue weighted by Gasteiger charge is -2.18. The molecule has 0 aromatic carbocycles. The fourth-order valence-corrected chi connectivity index (χ4v) is 3.07. The lowest BCUT2D eigenvalue weighted by Crippen LogP contribution is -2.49. The van der Waals surface area contributed by atoms with Crippen molar-refractivity contribution in [1.29, 1.82) is 0 Å². The van der Waals surface area contributed by atoms with Gasteiger partial charge in [0.15, 0.2) is 0 Å². The summed E-state index contributed by atoms with van der Waals surface area (Å²) < 4.78 is 4.31. The Kier molecular flexibility index (Phi) is 12.3. The lowest BCUT2D eigenvalue weighted by atomic mass is 10.1. The molecular weight excluding hydrogens is 462 g/mol.